The summed E-state index contributed by atoms with van der Waals surface area (Å²) in [5.41, 5.74) is 6.38. The van der Waals surface area contributed by atoms with Crippen LogP contribution in [0.15, 0.2) is 53.8 Å². The Bertz CT molecular complexity index is 1250. The minimum Gasteiger partial charge on any atom is -0.496 e. The number of carbonyl (C=O) groups is 1. The van der Waals surface area contributed by atoms with Gasteiger partial charge in [-0.2, -0.15) is 0 Å². The zero-order valence-electron chi connectivity index (χ0n) is 20.8. The second kappa shape index (κ2) is 10.2. The fourth-order valence-corrected chi connectivity index (χ4v) is 5.91. The molecule has 1 heterocycles. The maximum atomic E-state index is 11.8. The summed E-state index contributed by atoms with van der Waals surface area (Å²) in [7, 11) is 3.70. The summed E-state index contributed by atoms with van der Waals surface area (Å²) in [6.07, 6.45) is 20.8. The van der Waals surface area contributed by atoms with Crippen molar-refractivity contribution in [3.05, 3.63) is 70.7 Å². The smallest absolute Gasteiger partial charge is 0.335 e. The highest BCUT2D eigenvalue weighted by Gasteiger charge is 2.29. The first-order valence-corrected chi connectivity index (χ1v) is 12.9. The molecule has 35 heavy (non-hydrogen) atoms. The molecule has 5 heteroatoms. The van der Waals surface area contributed by atoms with Crippen molar-refractivity contribution in [2.24, 2.45) is 7.05 Å². The lowest BCUT2D eigenvalue weighted by molar-refractivity contribution is 0.0696. The highest BCUT2D eigenvalue weighted by atomic mass is 16.5. The standard InChI is InChI=1S/C30H35NO4/c1-31-25-17-23(30(32)33)18-26(34-2)28(25)27(21-11-7-4-8-12-21)29(31)22-13-15-24(16-14-22)35-19-20-9-5-3-6-10-20/h3,5,9,13,15,17-18,21H,4,6-8,10-12,14,16,19H2,1-2H3,(H,32,33). The summed E-state index contributed by atoms with van der Waals surface area (Å²) >= 11 is 0. The predicted molar refractivity (Wildman–Crippen MR) is 140 cm³/mol. The minimum atomic E-state index is -0.933. The number of ether oxygens (including phenoxy) is 2. The van der Waals surface area contributed by atoms with Gasteiger partial charge in [0.25, 0.3) is 0 Å². The van der Waals surface area contributed by atoms with Crippen LogP contribution in [0.1, 0.15) is 85.3 Å². The lowest BCUT2D eigenvalue weighted by atomic mass is 9.81. The first-order chi connectivity index (χ1) is 17.1. The van der Waals surface area contributed by atoms with Gasteiger partial charge in [-0.1, -0.05) is 43.6 Å². The Morgan fingerprint density at radius 1 is 1.09 bits per heavy atom. The van der Waals surface area contributed by atoms with E-state index in [0.717, 1.165) is 55.2 Å². The molecule has 0 unspecified atom stereocenters. The second-order valence-electron chi connectivity index (χ2n) is 9.94. The Balaban J connectivity index is 1.56. The maximum Gasteiger partial charge on any atom is 0.335 e. The van der Waals surface area contributed by atoms with Crippen molar-refractivity contribution in [3.63, 3.8) is 0 Å². The molecule has 0 radical (unpaired) electrons. The summed E-state index contributed by atoms with van der Waals surface area (Å²) < 4.78 is 14.1. The van der Waals surface area contributed by atoms with E-state index in [1.165, 1.54) is 41.7 Å². The molecule has 3 aliphatic rings. The monoisotopic (exact) mass is 473 g/mol. The molecule has 0 bridgehead atoms. The molecule has 1 N–H and O–H groups in total. The Morgan fingerprint density at radius 3 is 2.57 bits per heavy atom. The number of aromatic nitrogens is 1. The highest BCUT2D eigenvalue weighted by molar-refractivity contribution is 6.01. The number of nitrogens with zero attached hydrogens (tertiary/aromatic N) is 1. The molecule has 2 aromatic rings. The molecule has 0 spiro atoms. The molecule has 0 saturated heterocycles. The van der Waals surface area contributed by atoms with E-state index in [2.05, 4.69) is 42.0 Å². The third-order valence-electron chi connectivity index (χ3n) is 7.74. The van der Waals surface area contributed by atoms with Crippen molar-refractivity contribution in [1.29, 1.82) is 0 Å². The van der Waals surface area contributed by atoms with Crippen LogP contribution in [0.5, 0.6) is 5.75 Å². The van der Waals surface area contributed by atoms with Crippen molar-refractivity contribution in [1.82, 2.24) is 4.57 Å². The number of aryl methyl sites for hydroxylation is 1. The second-order valence-corrected chi connectivity index (χ2v) is 9.94. The van der Waals surface area contributed by atoms with Crippen LogP contribution < -0.4 is 4.74 Å². The molecule has 5 rings (SSSR count). The van der Waals surface area contributed by atoms with Crippen molar-refractivity contribution in [3.8, 4) is 5.75 Å². The van der Waals surface area contributed by atoms with Gasteiger partial charge < -0.3 is 19.1 Å². The minimum absolute atomic E-state index is 0.261. The van der Waals surface area contributed by atoms with Crippen molar-refractivity contribution in [2.75, 3.05) is 13.7 Å². The van der Waals surface area contributed by atoms with Gasteiger partial charge in [-0.3, -0.25) is 0 Å². The number of hydrogen-bond acceptors (Lipinski definition) is 3. The van der Waals surface area contributed by atoms with Crippen LogP contribution in [0.25, 0.3) is 16.5 Å². The Labute approximate surface area is 207 Å². The number of fused-ring (bicyclic) bond motifs is 1. The van der Waals surface area contributed by atoms with Crippen molar-refractivity contribution in [2.45, 2.75) is 63.7 Å². The van der Waals surface area contributed by atoms with Crippen LogP contribution in [0.3, 0.4) is 0 Å². The van der Waals surface area contributed by atoms with Gasteiger partial charge in [0.15, 0.2) is 0 Å². The summed E-state index contributed by atoms with van der Waals surface area (Å²) in [4.78, 5) is 11.8. The van der Waals surface area contributed by atoms with Gasteiger partial charge in [0, 0.05) is 24.5 Å². The molecule has 0 aliphatic heterocycles. The van der Waals surface area contributed by atoms with Crippen LogP contribution in [-0.2, 0) is 11.8 Å². The fourth-order valence-electron chi connectivity index (χ4n) is 5.91. The van der Waals surface area contributed by atoms with Gasteiger partial charge in [0.2, 0.25) is 0 Å². The van der Waals surface area contributed by atoms with Crippen LogP contribution in [0.4, 0.5) is 0 Å². The van der Waals surface area contributed by atoms with Gasteiger partial charge in [0.05, 0.1) is 23.9 Å². The van der Waals surface area contributed by atoms with Crippen LogP contribution in [-0.4, -0.2) is 29.4 Å². The van der Waals surface area contributed by atoms with E-state index in [-0.39, 0.29) is 5.56 Å². The quantitative estimate of drug-likeness (QED) is 0.459. The van der Waals surface area contributed by atoms with Gasteiger partial charge >= 0.3 is 5.97 Å². The van der Waals surface area contributed by atoms with Crippen LogP contribution >= 0.6 is 0 Å². The number of benzene rings is 1. The lowest BCUT2D eigenvalue weighted by Gasteiger charge is -2.25. The molecule has 1 fully saturated rings. The van der Waals surface area contributed by atoms with E-state index < -0.39 is 5.97 Å². The first kappa shape index (κ1) is 23.5. The normalized spacial score (nSPS) is 18.7. The molecule has 0 atom stereocenters. The number of carboxylic acid groups (broad SMARTS) is 1. The first-order valence-electron chi connectivity index (χ1n) is 12.9. The van der Waals surface area contributed by atoms with Gasteiger partial charge in [-0.15, -0.1) is 0 Å². The third kappa shape index (κ3) is 4.69. The average Bonchev–Trinajstić information content (AvgIpc) is 3.20. The highest BCUT2D eigenvalue weighted by Crippen LogP contribution is 2.46. The van der Waals surface area contributed by atoms with Crippen LogP contribution in [0.2, 0.25) is 0 Å². The number of hydrogen-bond donors (Lipinski definition) is 1. The molecule has 5 nitrogen and oxygen atoms in total. The number of methoxy groups -OCH3 is 1. The molecular formula is C30H35NO4. The number of carboxylic acids is 1. The third-order valence-corrected chi connectivity index (χ3v) is 7.74. The molecule has 1 aromatic carbocycles. The van der Waals surface area contributed by atoms with E-state index in [0.29, 0.717) is 18.3 Å². The zero-order valence-corrected chi connectivity index (χ0v) is 20.8. The van der Waals surface area contributed by atoms with E-state index in [1.54, 1.807) is 19.2 Å². The van der Waals surface area contributed by atoms with E-state index in [1.807, 2.05) is 0 Å². The maximum absolute atomic E-state index is 11.8. The zero-order chi connectivity index (χ0) is 24.4. The summed E-state index contributed by atoms with van der Waals surface area (Å²) in [5, 5.41) is 10.8. The summed E-state index contributed by atoms with van der Waals surface area (Å²) in [5.74, 6) is 1.22. The number of aromatic carboxylic acids is 1. The van der Waals surface area contributed by atoms with Gasteiger partial charge in [0.1, 0.15) is 12.4 Å². The fraction of sp³-hybridized carbons (Fsp3) is 0.433. The largest absolute Gasteiger partial charge is 0.496 e. The Hall–Kier alpha value is -3.21. The Morgan fingerprint density at radius 2 is 1.91 bits per heavy atom. The molecule has 1 saturated carbocycles. The molecule has 184 valence electrons. The number of allylic oxidation sites excluding steroid dienone is 7. The van der Waals surface area contributed by atoms with E-state index in [4.69, 9.17) is 9.47 Å². The average molecular weight is 474 g/mol. The van der Waals surface area contributed by atoms with Crippen molar-refractivity contribution >= 4 is 22.4 Å². The predicted octanol–water partition coefficient (Wildman–Crippen LogP) is 7.29. The topological polar surface area (TPSA) is 60.7 Å². The molecular weight excluding hydrogens is 438 g/mol. The molecule has 0 amide bonds. The van der Waals surface area contributed by atoms with Crippen LogP contribution in [0, 0.1) is 0 Å². The van der Waals surface area contributed by atoms with Gasteiger partial charge in [-0.05, 0) is 72.9 Å². The number of rotatable bonds is 7. The molecule has 1 aromatic heterocycles. The van der Waals surface area contributed by atoms with Crippen molar-refractivity contribution < 1.29 is 19.4 Å². The summed E-state index contributed by atoms with van der Waals surface area (Å²) in [6.45, 7) is 0.663. The van der Waals surface area contributed by atoms with E-state index >= 15 is 0 Å². The lowest BCUT2D eigenvalue weighted by Crippen LogP contribution is -2.09. The summed E-state index contributed by atoms with van der Waals surface area (Å²) in [6, 6.07) is 3.48. The molecule has 3 aliphatic carbocycles. The SMILES string of the molecule is COc1cc(C(=O)O)cc2c1c(C1CCCCC1)c(C1=CC=C(OCC3=CC=CCC3)CC1)n2C. The Kier molecular flexibility index (Phi) is 6.85. The van der Waals surface area contributed by atoms with Gasteiger partial charge in [-0.25, -0.2) is 4.79 Å². The van der Waals surface area contributed by atoms with E-state index in [9.17, 15) is 9.90 Å².